The number of halogens is 1. The van der Waals surface area contributed by atoms with E-state index in [9.17, 15) is 9.18 Å². The zero-order valence-electron chi connectivity index (χ0n) is 21.7. The lowest BCUT2D eigenvalue weighted by Crippen LogP contribution is -2.47. The highest BCUT2D eigenvalue weighted by atomic mass is 19.1. The summed E-state index contributed by atoms with van der Waals surface area (Å²) in [7, 11) is 0. The van der Waals surface area contributed by atoms with Gasteiger partial charge >= 0.3 is 0 Å². The van der Waals surface area contributed by atoms with Crippen molar-refractivity contribution in [3.05, 3.63) is 100 Å². The molecule has 0 radical (unpaired) electrons. The molecule has 0 N–H and O–H groups in total. The van der Waals surface area contributed by atoms with Crippen LogP contribution in [-0.4, -0.2) is 29.1 Å². The molecule has 5 heteroatoms. The van der Waals surface area contributed by atoms with E-state index in [1.807, 2.05) is 94.1 Å². The van der Waals surface area contributed by atoms with E-state index in [4.69, 9.17) is 9.47 Å². The number of amides is 1. The van der Waals surface area contributed by atoms with Crippen molar-refractivity contribution >= 4 is 12.0 Å². The number of hydrogen-bond donors (Lipinski definition) is 0. The Balaban J connectivity index is 1.55. The second kappa shape index (κ2) is 10.6. The number of hydrogen-bond acceptors (Lipinski definition) is 3. The Hall–Kier alpha value is -3.60. The minimum absolute atomic E-state index is 0.0531. The average Bonchev–Trinajstić information content (AvgIpc) is 2.83. The Morgan fingerprint density at radius 2 is 1.75 bits per heavy atom. The minimum atomic E-state index is -0.280. The fourth-order valence-electron chi connectivity index (χ4n) is 4.49. The van der Waals surface area contributed by atoms with Gasteiger partial charge in [-0.15, -0.1) is 0 Å². The van der Waals surface area contributed by atoms with E-state index in [1.54, 1.807) is 12.1 Å². The summed E-state index contributed by atoms with van der Waals surface area (Å²) in [5.41, 5.74) is 4.38. The molecule has 0 unspecified atom stereocenters. The van der Waals surface area contributed by atoms with Crippen LogP contribution in [0.15, 0.2) is 66.7 Å². The lowest BCUT2D eigenvalue weighted by molar-refractivity contribution is 0.0566. The number of carbonyl (C=O) groups excluding carboxylic acids is 1. The summed E-state index contributed by atoms with van der Waals surface area (Å²) < 4.78 is 26.0. The Morgan fingerprint density at radius 3 is 2.42 bits per heavy atom. The van der Waals surface area contributed by atoms with Crippen molar-refractivity contribution in [3.63, 3.8) is 0 Å². The second-order valence-corrected chi connectivity index (χ2v) is 10.3. The third kappa shape index (κ3) is 6.14. The number of fused-ring (bicyclic) bond motifs is 1. The molecule has 3 aromatic carbocycles. The lowest BCUT2D eigenvalue weighted by atomic mass is 9.93. The third-order valence-electron chi connectivity index (χ3n) is 6.22. The Bertz CT molecular complexity index is 1260. The molecule has 0 saturated carbocycles. The number of benzene rings is 3. The van der Waals surface area contributed by atoms with Gasteiger partial charge in [-0.25, -0.2) is 4.39 Å². The van der Waals surface area contributed by atoms with Gasteiger partial charge in [-0.2, -0.15) is 0 Å². The van der Waals surface area contributed by atoms with Gasteiger partial charge in [0.2, 0.25) is 0 Å². The highest BCUT2D eigenvalue weighted by Crippen LogP contribution is 2.28. The standard InChI is InChI=1S/C31H34FNO3/c1-6-7-22-8-9-23(16-21(22)2)30(34)33-19-24-10-11-26(32)17-25(24)18-27(33)20-35-28-12-14-29(15-13-28)36-31(3,4)5/h6-17,27H,18-20H2,1-5H3/b7-6-/t27-/m0/s1. The Morgan fingerprint density at radius 1 is 1.03 bits per heavy atom. The average molecular weight is 488 g/mol. The fourth-order valence-corrected chi connectivity index (χ4v) is 4.49. The normalized spacial score (nSPS) is 15.6. The highest BCUT2D eigenvalue weighted by Gasteiger charge is 2.31. The van der Waals surface area contributed by atoms with Crippen LogP contribution in [0.5, 0.6) is 11.5 Å². The first-order valence-corrected chi connectivity index (χ1v) is 12.4. The van der Waals surface area contributed by atoms with Crippen LogP contribution in [-0.2, 0) is 13.0 Å². The number of rotatable bonds is 6. The molecule has 0 bridgehead atoms. The largest absolute Gasteiger partial charge is 0.491 e. The molecule has 3 aromatic rings. The molecule has 0 saturated heterocycles. The van der Waals surface area contributed by atoms with Gasteiger partial charge in [0.25, 0.3) is 5.91 Å². The van der Waals surface area contributed by atoms with Crippen molar-refractivity contribution in [3.8, 4) is 11.5 Å². The Labute approximate surface area is 213 Å². The molecule has 1 atom stereocenters. The number of aryl methyl sites for hydroxylation is 1. The van der Waals surface area contributed by atoms with Crippen LogP contribution in [0.25, 0.3) is 6.08 Å². The highest BCUT2D eigenvalue weighted by molar-refractivity contribution is 5.95. The summed E-state index contributed by atoms with van der Waals surface area (Å²) in [6, 6.07) is 17.8. The van der Waals surface area contributed by atoms with Gasteiger partial charge in [-0.1, -0.05) is 24.3 Å². The van der Waals surface area contributed by atoms with Gasteiger partial charge in [0.05, 0.1) is 6.04 Å². The van der Waals surface area contributed by atoms with Crippen LogP contribution < -0.4 is 9.47 Å². The molecule has 1 heterocycles. The number of carbonyl (C=O) groups is 1. The van der Waals surface area contributed by atoms with Crippen LogP contribution in [0, 0.1) is 12.7 Å². The third-order valence-corrected chi connectivity index (χ3v) is 6.22. The maximum atomic E-state index is 14.0. The van der Waals surface area contributed by atoms with Crippen molar-refractivity contribution in [2.45, 2.75) is 59.2 Å². The van der Waals surface area contributed by atoms with E-state index in [2.05, 4.69) is 0 Å². The summed E-state index contributed by atoms with van der Waals surface area (Å²) in [5.74, 6) is 1.14. The number of allylic oxidation sites excluding steroid dienone is 1. The molecule has 4 rings (SSSR count). The van der Waals surface area contributed by atoms with Crippen molar-refractivity contribution < 1.29 is 18.7 Å². The quantitative estimate of drug-likeness (QED) is 0.376. The molecule has 1 aliphatic rings. The van der Waals surface area contributed by atoms with E-state index < -0.39 is 0 Å². The van der Waals surface area contributed by atoms with Crippen LogP contribution in [0.3, 0.4) is 0 Å². The van der Waals surface area contributed by atoms with E-state index in [0.29, 0.717) is 30.9 Å². The first-order valence-electron chi connectivity index (χ1n) is 12.4. The predicted octanol–water partition coefficient (Wildman–Crippen LogP) is 6.99. The van der Waals surface area contributed by atoms with Crippen molar-refractivity contribution in [1.82, 2.24) is 4.90 Å². The van der Waals surface area contributed by atoms with Crippen LogP contribution in [0.4, 0.5) is 4.39 Å². The summed E-state index contributed by atoms with van der Waals surface area (Å²) in [6.07, 6.45) is 4.54. The first kappa shape index (κ1) is 25.5. The molecule has 1 aliphatic heterocycles. The van der Waals surface area contributed by atoms with E-state index in [-0.39, 0.29) is 23.4 Å². The summed E-state index contributed by atoms with van der Waals surface area (Å²) >= 11 is 0. The smallest absolute Gasteiger partial charge is 0.254 e. The Kier molecular flexibility index (Phi) is 7.48. The van der Waals surface area contributed by atoms with Crippen LogP contribution in [0.2, 0.25) is 0 Å². The molecule has 1 amide bonds. The van der Waals surface area contributed by atoms with Crippen molar-refractivity contribution in [2.24, 2.45) is 0 Å². The fraction of sp³-hybridized carbons (Fsp3) is 0.323. The summed E-state index contributed by atoms with van der Waals surface area (Å²) in [5, 5.41) is 0. The van der Waals surface area contributed by atoms with Crippen LogP contribution >= 0.6 is 0 Å². The zero-order valence-corrected chi connectivity index (χ0v) is 21.7. The maximum Gasteiger partial charge on any atom is 0.254 e. The van der Waals surface area contributed by atoms with E-state index in [1.165, 1.54) is 6.07 Å². The maximum absolute atomic E-state index is 14.0. The van der Waals surface area contributed by atoms with Crippen molar-refractivity contribution in [2.75, 3.05) is 6.61 Å². The minimum Gasteiger partial charge on any atom is -0.491 e. The molecule has 4 nitrogen and oxygen atoms in total. The monoisotopic (exact) mass is 487 g/mol. The topological polar surface area (TPSA) is 38.8 Å². The second-order valence-electron chi connectivity index (χ2n) is 10.3. The molecular weight excluding hydrogens is 453 g/mol. The molecular formula is C31H34FNO3. The number of nitrogens with zero attached hydrogens (tertiary/aromatic N) is 1. The molecule has 36 heavy (non-hydrogen) atoms. The molecule has 0 aliphatic carbocycles. The molecule has 0 fully saturated rings. The van der Waals surface area contributed by atoms with E-state index >= 15 is 0 Å². The van der Waals surface area contributed by atoms with E-state index in [0.717, 1.165) is 28.0 Å². The van der Waals surface area contributed by atoms with Gasteiger partial charge in [0, 0.05) is 12.1 Å². The molecule has 0 spiro atoms. The lowest BCUT2D eigenvalue weighted by Gasteiger charge is -2.37. The predicted molar refractivity (Wildman–Crippen MR) is 142 cm³/mol. The van der Waals surface area contributed by atoms with Gasteiger partial charge in [0.1, 0.15) is 29.5 Å². The SMILES string of the molecule is C/C=C\c1ccc(C(=O)N2Cc3ccc(F)cc3C[C@H]2COc2ccc(OC(C)(C)C)cc2)cc1C. The van der Waals surface area contributed by atoms with Gasteiger partial charge in [-0.05, 0) is 112 Å². The van der Waals surface area contributed by atoms with Gasteiger partial charge < -0.3 is 14.4 Å². The molecule has 188 valence electrons. The first-order chi connectivity index (χ1) is 17.1. The zero-order chi connectivity index (χ0) is 25.9. The summed E-state index contributed by atoms with van der Waals surface area (Å²) in [4.78, 5) is 15.5. The number of ether oxygens (including phenoxy) is 2. The van der Waals surface area contributed by atoms with Gasteiger partial charge in [-0.3, -0.25) is 4.79 Å². The molecule has 0 aromatic heterocycles. The summed E-state index contributed by atoms with van der Waals surface area (Å²) in [6.45, 7) is 10.7. The van der Waals surface area contributed by atoms with Crippen molar-refractivity contribution in [1.29, 1.82) is 0 Å². The van der Waals surface area contributed by atoms with Crippen LogP contribution in [0.1, 0.15) is 60.3 Å². The van der Waals surface area contributed by atoms with Gasteiger partial charge in [0.15, 0.2) is 0 Å².